The van der Waals surface area contributed by atoms with Crippen LogP contribution in [0.25, 0.3) is 0 Å². The maximum absolute atomic E-state index is 15.1. The highest BCUT2D eigenvalue weighted by molar-refractivity contribution is 9.09. The van der Waals surface area contributed by atoms with Crippen molar-refractivity contribution in [1.82, 2.24) is 10.2 Å². The summed E-state index contributed by atoms with van der Waals surface area (Å²) < 4.78 is 13.1. The van der Waals surface area contributed by atoms with E-state index in [1.54, 1.807) is 67.6 Å². The van der Waals surface area contributed by atoms with Crippen LogP contribution in [0.15, 0.2) is 110 Å². The summed E-state index contributed by atoms with van der Waals surface area (Å²) in [7, 11) is 0. The molecule has 6 rings (SSSR count). The quantitative estimate of drug-likeness (QED) is 0.108. The molecule has 3 aromatic carbocycles. The molecule has 2 N–H and O–H groups in total. The van der Waals surface area contributed by atoms with Gasteiger partial charge in [0.1, 0.15) is 17.7 Å². The number of ether oxygens (including phenoxy) is 2. The van der Waals surface area contributed by atoms with Crippen LogP contribution in [0, 0.1) is 11.8 Å². The van der Waals surface area contributed by atoms with Crippen LogP contribution in [0.3, 0.4) is 0 Å². The monoisotopic (exact) mass is 803 g/mol. The van der Waals surface area contributed by atoms with E-state index >= 15 is 9.59 Å². The standard InChI is InChI=1S/C41H43BrClN3O7/c1-4-6-17-32(48)44-25(3)35(27-15-11-8-12-16-27)52-40(51)33-34-38(49)46(31(24-47)26-13-9-7-10-14-26)37(41(34)23-30(42)36(33)53-41)39(50)45(22-5-2)29-20-18-28(43)19-21-29/h4-5,7-16,18-21,25,30-31,33-37,47H,1-2,6,17,22-24H2,3H3,(H,44,48)/t25-,30?,31+,33+,34-,35-,36+,37+,41-/m0/s1. The van der Waals surface area contributed by atoms with Crippen molar-refractivity contribution in [3.05, 3.63) is 126 Å². The number of carbonyl (C=O) groups excluding carboxylic acids is 4. The van der Waals surface area contributed by atoms with Gasteiger partial charge in [-0.1, -0.05) is 100 Å². The fraction of sp³-hybridized carbons (Fsp3) is 0.366. The molecule has 3 fully saturated rings. The second-order valence-corrected chi connectivity index (χ2v) is 15.3. The van der Waals surface area contributed by atoms with Gasteiger partial charge in [-0.3, -0.25) is 19.2 Å². The normalized spacial score (nSPS) is 25.9. The molecule has 9 atom stereocenters. The Morgan fingerprint density at radius 2 is 1.70 bits per heavy atom. The number of aliphatic hydroxyl groups is 1. The molecule has 0 radical (unpaired) electrons. The first-order chi connectivity index (χ1) is 25.6. The molecular weight excluding hydrogens is 762 g/mol. The second-order valence-electron chi connectivity index (χ2n) is 13.7. The maximum Gasteiger partial charge on any atom is 0.313 e. The van der Waals surface area contributed by atoms with Crippen molar-refractivity contribution in [3.63, 3.8) is 0 Å². The van der Waals surface area contributed by atoms with E-state index in [1.807, 2.05) is 36.4 Å². The number of alkyl halides is 1. The third kappa shape index (κ3) is 7.32. The summed E-state index contributed by atoms with van der Waals surface area (Å²) in [6.07, 6.45) is 2.52. The third-order valence-corrected chi connectivity index (χ3v) is 11.5. The smallest absolute Gasteiger partial charge is 0.313 e. The van der Waals surface area contributed by atoms with Gasteiger partial charge < -0.3 is 29.7 Å². The molecule has 2 bridgehead atoms. The van der Waals surface area contributed by atoms with E-state index < -0.39 is 77.0 Å². The van der Waals surface area contributed by atoms with Gasteiger partial charge in [0.15, 0.2) is 0 Å². The fourth-order valence-electron chi connectivity index (χ4n) is 8.14. The minimum Gasteiger partial charge on any atom is -0.455 e. The summed E-state index contributed by atoms with van der Waals surface area (Å²) in [5.41, 5.74) is 0.359. The number of nitrogens with one attached hydrogen (secondary N) is 1. The van der Waals surface area contributed by atoms with Gasteiger partial charge in [-0.25, -0.2) is 0 Å². The predicted octanol–water partition coefficient (Wildman–Crippen LogP) is 6.10. The highest BCUT2D eigenvalue weighted by atomic mass is 79.9. The second kappa shape index (κ2) is 16.4. The summed E-state index contributed by atoms with van der Waals surface area (Å²) in [6, 6.07) is 22.1. The van der Waals surface area contributed by atoms with Crippen LogP contribution in [0.2, 0.25) is 5.02 Å². The molecule has 10 nitrogen and oxygen atoms in total. The number of esters is 1. The number of carbonyl (C=O) groups is 4. The number of fused-ring (bicyclic) bond motifs is 1. The summed E-state index contributed by atoms with van der Waals surface area (Å²) in [6.45, 7) is 8.94. The van der Waals surface area contributed by atoms with Crippen molar-refractivity contribution in [2.75, 3.05) is 18.1 Å². The third-order valence-electron chi connectivity index (χ3n) is 10.4. The molecule has 3 amide bonds. The highest BCUT2D eigenvalue weighted by Crippen LogP contribution is 2.61. The Hall–Kier alpha value is -4.29. The van der Waals surface area contributed by atoms with Crippen LogP contribution in [0.5, 0.6) is 0 Å². The van der Waals surface area contributed by atoms with E-state index in [0.29, 0.717) is 28.3 Å². The van der Waals surface area contributed by atoms with Crippen LogP contribution in [0.1, 0.15) is 49.5 Å². The first-order valence-corrected chi connectivity index (χ1v) is 19.0. The van der Waals surface area contributed by atoms with Gasteiger partial charge >= 0.3 is 5.97 Å². The van der Waals surface area contributed by atoms with Crippen molar-refractivity contribution < 1.29 is 33.8 Å². The van der Waals surface area contributed by atoms with Crippen LogP contribution < -0.4 is 10.2 Å². The van der Waals surface area contributed by atoms with E-state index in [9.17, 15) is 14.7 Å². The molecule has 12 heteroatoms. The number of aliphatic hydroxyl groups excluding tert-OH is 1. The van der Waals surface area contributed by atoms with Crippen LogP contribution in [-0.4, -0.2) is 75.5 Å². The van der Waals surface area contributed by atoms with E-state index in [0.717, 1.165) is 0 Å². The number of rotatable bonds is 15. The van der Waals surface area contributed by atoms with Gasteiger partial charge in [-0.15, -0.1) is 13.2 Å². The summed E-state index contributed by atoms with van der Waals surface area (Å²) in [4.78, 5) is 60.0. The molecular formula is C41H43BrClN3O7. The summed E-state index contributed by atoms with van der Waals surface area (Å²) in [5, 5.41) is 14.3. The largest absolute Gasteiger partial charge is 0.455 e. The Labute approximate surface area is 322 Å². The van der Waals surface area contributed by atoms with Crippen LogP contribution in [-0.2, 0) is 28.7 Å². The molecule has 0 saturated carbocycles. The Balaban J connectivity index is 1.41. The first-order valence-electron chi connectivity index (χ1n) is 17.7. The fourth-order valence-corrected chi connectivity index (χ4v) is 9.21. The van der Waals surface area contributed by atoms with Gasteiger partial charge in [0, 0.05) is 28.5 Å². The topological polar surface area (TPSA) is 125 Å². The number of allylic oxidation sites excluding steroid dienone is 1. The van der Waals surface area contributed by atoms with E-state index in [1.165, 1.54) is 9.80 Å². The van der Waals surface area contributed by atoms with Gasteiger partial charge in [-0.05, 0) is 55.2 Å². The molecule has 1 spiro atoms. The van der Waals surface area contributed by atoms with Crippen molar-refractivity contribution >= 4 is 56.9 Å². The predicted molar refractivity (Wildman–Crippen MR) is 205 cm³/mol. The maximum atomic E-state index is 15.1. The molecule has 0 aromatic heterocycles. The molecule has 0 aliphatic carbocycles. The Bertz CT molecular complexity index is 1830. The average molecular weight is 805 g/mol. The van der Waals surface area contributed by atoms with Gasteiger partial charge in [0.25, 0.3) is 5.91 Å². The van der Waals surface area contributed by atoms with Crippen molar-refractivity contribution in [3.8, 4) is 0 Å². The van der Waals surface area contributed by atoms with E-state index in [4.69, 9.17) is 21.1 Å². The zero-order valence-corrected chi connectivity index (χ0v) is 31.7. The Morgan fingerprint density at radius 1 is 1.06 bits per heavy atom. The molecule has 278 valence electrons. The van der Waals surface area contributed by atoms with E-state index in [-0.39, 0.29) is 25.3 Å². The molecule has 1 unspecified atom stereocenters. The number of benzene rings is 3. The summed E-state index contributed by atoms with van der Waals surface area (Å²) >= 11 is 9.93. The lowest BCUT2D eigenvalue weighted by atomic mass is 9.70. The number of hydrogen-bond donors (Lipinski definition) is 2. The zero-order chi connectivity index (χ0) is 37.9. The summed E-state index contributed by atoms with van der Waals surface area (Å²) in [5.74, 6) is -4.06. The molecule has 53 heavy (non-hydrogen) atoms. The van der Waals surface area contributed by atoms with Gasteiger partial charge in [0.05, 0.1) is 36.6 Å². The number of halogens is 2. The number of amides is 3. The van der Waals surface area contributed by atoms with Crippen molar-refractivity contribution in [2.24, 2.45) is 11.8 Å². The lowest BCUT2D eigenvalue weighted by Crippen LogP contribution is -2.57. The van der Waals surface area contributed by atoms with Crippen molar-refractivity contribution in [2.45, 2.75) is 66.9 Å². The van der Waals surface area contributed by atoms with Crippen LogP contribution >= 0.6 is 27.5 Å². The Kier molecular flexibility index (Phi) is 11.9. The number of nitrogens with zero attached hydrogens (tertiary/aromatic N) is 2. The minimum atomic E-state index is -1.45. The first kappa shape index (κ1) is 38.4. The molecule has 3 saturated heterocycles. The van der Waals surface area contributed by atoms with E-state index in [2.05, 4.69) is 34.4 Å². The molecule has 3 aliphatic heterocycles. The molecule has 3 heterocycles. The lowest BCUT2D eigenvalue weighted by Gasteiger charge is -2.39. The molecule has 3 aromatic rings. The SMILES string of the molecule is C=CCCC(=O)N[C@@H](C)[C@H](OC(=O)[C@H]1[C@@H]2O[C@@]3(CC2Br)[C@@H]1C(=O)N([C@H](CO)c1ccccc1)[C@@H]3C(=O)N(CC=C)c1ccc(Cl)cc1)c1ccccc1. The zero-order valence-electron chi connectivity index (χ0n) is 29.4. The lowest BCUT2D eigenvalue weighted by molar-refractivity contribution is -0.162. The number of hydrogen-bond acceptors (Lipinski definition) is 7. The highest BCUT2D eigenvalue weighted by Gasteiger charge is 2.77. The Morgan fingerprint density at radius 3 is 2.30 bits per heavy atom. The van der Waals surface area contributed by atoms with Crippen LogP contribution in [0.4, 0.5) is 5.69 Å². The van der Waals surface area contributed by atoms with Crippen molar-refractivity contribution in [1.29, 1.82) is 0 Å². The molecule has 3 aliphatic rings. The van der Waals surface area contributed by atoms with Gasteiger partial charge in [0.2, 0.25) is 11.8 Å². The number of likely N-dealkylation sites (tertiary alicyclic amines) is 1. The number of anilines is 1. The van der Waals surface area contributed by atoms with Gasteiger partial charge in [-0.2, -0.15) is 0 Å². The minimum absolute atomic E-state index is 0.108. The average Bonchev–Trinajstić information content (AvgIpc) is 3.76.